The van der Waals surface area contributed by atoms with E-state index in [9.17, 15) is 63.9 Å². The summed E-state index contributed by atoms with van der Waals surface area (Å²) in [4.78, 5) is 162. The number of phenolic OH excluding ortho intramolecular Hbond substituents is 1. The molecule has 532 valence electrons. The molecular weight excluding hydrogens is 1410 g/mol. The summed E-state index contributed by atoms with van der Waals surface area (Å²) in [6.45, 7) is 10.3. The molecule has 31 nitrogen and oxygen atoms in total. The van der Waals surface area contributed by atoms with E-state index in [1.54, 1.807) is 58.0 Å². The second kappa shape index (κ2) is 38.1. The Morgan fingerprint density at radius 3 is 1.87 bits per heavy atom. The van der Waals surface area contributed by atoms with E-state index < -0.39 is 163 Å². The molecule has 10 amide bonds. The second-order valence-electron chi connectivity index (χ2n) is 25.2. The highest BCUT2D eigenvalue weighted by molar-refractivity contribution is 14.1. The zero-order valence-corrected chi connectivity index (χ0v) is 58.5. The van der Waals surface area contributed by atoms with Gasteiger partial charge in [-0.15, -0.1) is 0 Å². The number of benzene rings is 2. The van der Waals surface area contributed by atoms with Crippen molar-refractivity contribution in [3.8, 4) is 5.75 Å². The van der Waals surface area contributed by atoms with Crippen LogP contribution in [0.15, 0.2) is 73.6 Å². The molecule has 2 aromatic carbocycles. The summed E-state index contributed by atoms with van der Waals surface area (Å²) in [5.41, 5.74) is 14.0. The molecule has 0 bridgehead atoms. The van der Waals surface area contributed by atoms with Gasteiger partial charge in [0, 0.05) is 62.5 Å². The second-order valence-corrected chi connectivity index (χ2v) is 28.9. The van der Waals surface area contributed by atoms with Crippen LogP contribution >= 0.6 is 44.2 Å². The Balaban J connectivity index is 1.42. The maximum absolute atomic E-state index is 15.3. The van der Waals surface area contributed by atoms with Crippen LogP contribution in [0.4, 0.5) is 0 Å². The lowest BCUT2D eigenvalue weighted by atomic mass is 9.96. The monoisotopic (exact) mass is 1500 g/mol. The molecule has 0 saturated carbocycles. The first kappa shape index (κ1) is 78.5. The molecular formula is C63H91IN16O15S2. The molecule has 97 heavy (non-hydrogen) atoms. The molecule has 2 fully saturated rings. The molecule has 0 radical (unpaired) electrons. The topological polar surface area (TPSA) is 493 Å². The lowest BCUT2D eigenvalue weighted by Crippen LogP contribution is -2.62. The third kappa shape index (κ3) is 24.5. The number of nitrogens with one attached hydrogen (secondary N) is 11. The summed E-state index contributed by atoms with van der Waals surface area (Å²) < 4.78 is 0.359. The molecule has 2 aliphatic rings. The number of carbonyl (C=O) groups is 10. The van der Waals surface area contributed by atoms with Gasteiger partial charge in [0.1, 0.15) is 66.4 Å². The summed E-state index contributed by atoms with van der Waals surface area (Å²) in [5.74, 6) is -10.9. The largest absolute Gasteiger partial charge is 0.507 e. The van der Waals surface area contributed by atoms with Gasteiger partial charge in [-0.3, -0.25) is 47.9 Å². The lowest BCUT2D eigenvalue weighted by Gasteiger charge is -2.31. The van der Waals surface area contributed by atoms with Gasteiger partial charge in [-0.2, -0.15) is 0 Å². The van der Waals surface area contributed by atoms with E-state index in [-0.39, 0.29) is 67.6 Å². The number of amides is 10. The van der Waals surface area contributed by atoms with Crippen LogP contribution in [0.5, 0.6) is 5.75 Å². The van der Waals surface area contributed by atoms with E-state index in [2.05, 4.69) is 67.8 Å². The molecule has 4 aromatic rings. The molecule has 20 N–H and O–H groups in total. The first-order valence-electron chi connectivity index (χ1n) is 32.0. The van der Waals surface area contributed by atoms with Crippen molar-refractivity contribution in [1.29, 1.82) is 0 Å². The number of aromatic hydroxyl groups is 1. The van der Waals surface area contributed by atoms with Crippen molar-refractivity contribution < 1.29 is 73.5 Å². The van der Waals surface area contributed by atoms with E-state index in [4.69, 9.17) is 11.5 Å². The molecule has 0 spiro atoms. The Morgan fingerprint density at radius 1 is 0.691 bits per heavy atom. The van der Waals surface area contributed by atoms with Gasteiger partial charge in [0.05, 0.1) is 45.8 Å². The van der Waals surface area contributed by atoms with Gasteiger partial charge in [0.15, 0.2) is 6.29 Å². The summed E-state index contributed by atoms with van der Waals surface area (Å²) in [6, 6.07) is -2.73. The first-order chi connectivity index (χ1) is 46.0. The number of halogens is 1. The number of rotatable bonds is 27. The van der Waals surface area contributed by atoms with Crippen molar-refractivity contribution in [2.24, 2.45) is 29.2 Å². The van der Waals surface area contributed by atoms with E-state index in [1.165, 1.54) is 43.2 Å². The summed E-state index contributed by atoms with van der Waals surface area (Å²) in [5, 5.41) is 76.8. The number of nitrogens with zero attached hydrogens (tertiary/aromatic N) is 3. The van der Waals surface area contributed by atoms with Gasteiger partial charge in [0.25, 0.3) is 0 Å². The Kier molecular flexibility index (Phi) is 30.8. The minimum absolute atomic E-state index is 0.000829. The number of aliphatic hydroxyl groups excluding tert-OH is 3. The van der Waals surface area contributed by atoms with Gasteiger partial charge in [-0.1, -0.05) is 106 Å². The molecule has 14 atom stereocenters. The lowest BCUT2D eigenvalue weighted by molar-refractivity contribution is -0.142. The maximum atomic E-state index is 15.3. The van der Waals surface area contributed by atoms with E-state index in [0.29, 0.717) is 33.4 Å². The number of hydrogen-bond donors (Lipinski definition) is 18. The van der Waals surface area contributed by atoms with E-state index in [1.807, 2.05) is 36.4 Å². The fourth-order valence-electron chi connectivity index (χ4n) is 10.9. The van der Waals surface area contributed by atoms with Crippen molar-refractivity contribution >= 4 is 103 Å². The molecule has 2 saturated heterocycles. The fraction of sp³-hybridized carbons (Fsp3) is 0.556. The Bertz CT molecular complexity index is 3280. The predicted octanol–water partition coefficient (Wildman–Crippen LogP) is -2.12. The molecule has 4 heterocycles. The Labute approximate surface area is 583 Å². The minimum atomic E-state index is -2.24. The van der Waals surface area contributed by atoms with Crippen molar-refractivity contribution in [2.75, 3.05) is 18.1 Å². The van der Waals surface area contributed by atoms with Crippen LogP contribution in [-0.2, 0) is 73.6 Å². The van der Waals surface area contributed by atoms with Gasteiger partial charge in [-0.05, 0) is 82.9 Å². The number of aromatic nitrogens is 4. The maximum Gasteiger partial charge on any atom is 0.246 e. The highest BCUT2D eigenvalue weighted by Crippen LogP contribution is 2.28. The quantitative estimate of drug-likeness (QED) is 0.0172. The number of phenols is 1. The van der Waals surface area contributed by atoms with Crippen LogP contribution in [0.1, 0.15) is 96.2 Å². The van der Waals surface area contributed by atoms with E-state index >= 15 is 9.59 Å². The number of H-pyrrole nitrogens is 2. The number of aliphatic hydroxyl groups is 4. The molecule has 0 aliphatic carbocycles. The summed E-state index contributed by atoms with van der Waals surface area (Å²) in [6.07, 6.45) is -0.725. The van der Waals surface area contributed by atoms with Crippen LogP contribution in [-0.4, -0.2) is 213 Å². The number of fused-ring (bicyclic) bond motifs is 1. The number of aromatic amines is 2. The summed E-state index contributed by atoms with van der Waals surface area (Å²) in [7, 11) is 1.82. The van der Waals surface area contributed by atoms with Crippen molar-refractivity contribution in [2.45, 2.75) is 184 Å². The van der Waals surface area contributed by atoms with E-state index in [0.717, 1.165) is 32.1 Å². The number of carbonyl (C=O) groups excluding carboxylic acids is 10. The SMILES string of the molecule is CCC(C)[C@H](NC(=O)[C@H](Cc1c[nH]cn1)NC(=O)[C@@H]1CSSC[C@H](NC(=O)[C@H](Cc2c[nH]cn2)NC(=O)[C@@H](N)Cc2ccccc2)C(=O)N2CC(O)C[C@H]2C(=O)N[C@@H](Cc2ccc(O)c(I)c2)C(=O)N[C@@H](CC(O)O)C(=O)N[C@@H](CC(C)C)C(=O)N1)C(=O)N[C@@H](CC(C)C)C(N)O. The fourth-order valence-corrected chi connectivity index (χ4v) is 13.8. The van der Waals surface area contributed by atoms with Crippen molar-refractivity contribution in [3.05, 3.63) is 99.7 Å². The third-order valence-corrected chi connectivity index (χ3v) is 19.6. The van der Waals surface area contributed by atoms with Crippen LogP contribution < -0.4 is 59.3 Å². The smallest absolute Gasteiger partial charge is 0.246 e. The van der Waals surface area contributed by atoms with Crippen LogP contribution in [0, 0.1) is 21.3 Å². The van der Waals surface area contributed by atoms with Gasteiger partial charge < -0.3 is 99.7 Å². The normalized spacial score (nSPS) is 22.3. The molecule has 2 aliphatic heterocycles. The van der Waals surface area contributed by atoms with Crippen molar-refractivity contribution in [3.63, 3.8) is 0 Å². The highest BCUT2D eigenvalue weighted by atomic mass is 127. The van der Waals surface area contributed by atoms with Gasteiger partial charge >= 0.3 is 0 Å². The number of imidazole rings is 2. The van der Waals surface area contributed by atoms with Gasteiger partial charge in [0.2, 0.25) is 59.1 Å². The average Bonchev–Trinajstić information content (AvgIpc) is 1.71. The van der Waals surface area contributed by atoms with Gasteiger partial charge in [-0.25, -0.2) is 9.97 Å². The zero-order chi connectivity index (χ0) is 71.2. The van der Waals surface area contributed by atoms with Crippen LogP contribution in [0.3, 0.4) is 0 Å². The first-order valence-corrected chi connectivity index (χ1v) is 35.5. The summed E-state index contributed by atoms with van der Waals surface area (Å²) >= 11 is 1.85. The minimum Gasteiger partial charge on any atom is -0.507 e. The molecule has 6 rings (SSSR count). The highest BCUT2D eigenvalue weighted by Gasteiger charge is 2.44. The Morgan fingerprint density at radius 2 is 1.29 bits per heavy atom. The standard InChI is InChI=1S/C63H91IN16O15S2/c1-7-33(6)52(62(94)71-41(53(66)85)15-31(2)3)79-59(91)45(21-37-25-68-30-70-37)74-60(92)47-27-96-97-28-48(78-57(89)44(20-36-24-67-29-69-36)72-54(86)40(65)18-34-11-9-8-10-12-34)63(95)80-26-38(81)22-49(80)61(93)76-43(19-35-13-14-50(82)39(64)17-35)56(88)75-46(23-51(83)84)58(90)73-42(16-32(4)5)55(87)77-47/h8-14,17,24-25,29-33,38,40-49,51-53,81-85H,7,15-16,18-23,26-28,65-66H2,1-6H3,(H,67,69)(H,68,70)(H,71,94)(H,72,86)(H,73,90)(H,74,92)(H,75,88)(H,76,93)(H,77,87)(H,78,89)(H,79,91)/t33?,38?,40-,41-,42-,43-,44-,45-,46-,47-,48-,49-,52-,53?/m0/s1. The third-order valence-electron chi connectivity index (χ3n) is 16.3. The number of nitrogens with two attached hydrogens (primary N) is 2. The van der Waals surface area contributed by atoms with Crippen molar-refractivity contribution in [1.82, 2.24) is 72.7 Å². The predicted molar refractivity (Wildman–Crippen MR) is 367 cm³/mol. The Hall–Kier alpha value is -7.45. The molecule has 34 heteroatoms. The average molecular weight is 1500 g/mol. The zero-order valence-electron chi connectivity index (χ0n) is 54.7. The van der Waals surface area contributed by atoms with Crippen LogP contribution in [0.2, 0.25) is 0 Å². The molecule has 2 aromatic heterocycles. The molecule has 3 unspecified atom stereocenters. The van der Waals surface area contributed by atoms with Crippen LogP contribution in [0.25, 0.3) is 0 Å². The number of hydrogen-bond acceptors (Lipinski definition) is 21.